The highest BCUT2D eigenvalue weighted by Crippen LogP contribution is 2.27. The Morgan fingerprint density at radius 3 is 2.71 bits per heavy atom. The van der Waals surface area contributed by atoms with Crippen molar-refractivity contribution in [2.75, 3.05) is 7.11 Å². The molecule has 0 radical (unpaired) electrons. The summed E-state index contributed by atoms with van der Waals surface area (Å²) in [6.07, 6.45) is 0.292. The van der Waals surface area contributed by atoms with E-state index in [1.54, 1.807) is 7.11 Å². The van der Waals surface area contributed by atoms with Gasteiger partial charge in [-0.15, -0.1) is 0 Å². The Labute approximate surface area is 102 Å². The Morgan fingerprint density at radius 1 is 1.47 bits per heavy atom. The number of carbonyl (C=O) groups excluding carboxylic acids is 1. The van der Waals surface area contributed by atoms with Crippen LogP contribution < -0.4 is 4.74 Å². The third-order valence-electron chi connectivity index (χ3n) is 2.59. The molecule has 0 aliphatic rings. The van der Waals surface area contributed by atoms with E-state index >= 15 is 0 Å². The number of carbonyl (C=O) groups is 1. The number of hydrogen-bond donors (Lipinski definition) is 0. The van der Waals surface area contributed by atoms with E-state index in [-0.39, 0.29) is 12.2 Å². The average Bonchev–Trinajstić information content (AvgIpc) is 2.29. The maximum atomic E-state index is 11.4. The lowest BCUT2D eigenvalue weighted by Crippen LogP contribution is -2.03. The first-order chi connectivity index (χ1) is 8.08. The molecule has 0 N–H and O–H groups in total. The van der Waals surface area contributed by atoms with E-state index in [9.17, 15) is 4.79 Å². The largest absolute Gasteiger partial charge is 0.496 e. The molecule has 0 heterocycles. The lowest BCUT2D eigenvalue weighted by atomic mass is 9.97. The normalized spacial score (nSPS) is 10.1. The number of methoxy groups -OCH3 is 1. The number of nitrogens with zero attached hydrogens (tertiary/aromatic N) is 1. The van der Waals surface area contributed by atoms with Crippen LogP contribution in [0.2, 0.25) is 0 Å². The minimum Gasteiger partial charge on any atom is -0.496 e. The first-order valence-electron chi connectivity index (χ1n) is 5.64. The van der Waals surface area contributed by atoms with E-state index in [1.807, 2.05) is 24.3 Å². The number of benzene rings is 1. The van der Waals surface area contributed by atoms with Crippen LogP contribution in [0, 0.1) is 11.3 Å². The summed E-state index contributed by atoms with van der Waals surface area (Å²) < 4.78 is 5.28. The molecule has 0 aliphatic carbocycles. The number of rotatable bonds is 5. The van der Waals surface area contributed by atoms with Gasteiger partial charge in [-0.2, -0.15) is 5.26 Å². The van der Waals surface area contributed by atoms with Gasteiger partial charge in [-0.25, -0.2) is 0 Å². The van der Waals surface area contributed by atoms with Crippen LogP contribution in [0.5, 0.6) is 5.75 Å². The Hall–Kier alpha value is -1.82. The molecule has 17 heavy (non-hydrogen) atoms. The summed E-state index contributed by atoms with van der Waals surface area (Å²) in [5, 5.41) is 8.45. The van der Waals surface area contributed by atoms with Crippen LogP contribution in [0.1, 0.15) is 37.3 Å². The van der Waals surface area contributed by atoms with Gasteiger partial charge in [0.15, 0.2) is 5.78 Å². The summed E-state index contributed by atoms with van der Waals surface area (Å²) in [5.74, 6) is 1.14. The molecule has 90 valence electrons. The molecule has 0 amide bonds. The zero-order valence-corrected chi connectivity index (χ0v) is 10.5. The van der Waals surface area contributed by atoms with Crippen LogP contribution in [0.25, 0.3) is 0 Å². The first kappa shape index (κ1) is 13.2. The SMILES string of the molecule is COc1ccc(CC(=O)CC#N)cc1C(C)C. The lowest BCUT2D eigenvalue weighted by Gasteiger charge is -2.13. The second-order valence-electron chi connectivity index (χ2n) is 4.28. The second kappa shape index (κ2) is 6.05. The van der Waals surface area contributed by atoms with Crippen molar-refractivity contribution in [3.8, 4) is 11.8 Å². The van der Waals surface area contributed by atoms with Crippen LogP contribution in [0.4, 0.5) is 0 Å². The maximum Gasteiger partial charge on any atom is 0.151 e. The summed E-state index contributed by atoms with van der Waals surface area (Å²) in [4.78, 5) is 11.4. The average molecular weight is 231 g/mol. The standard InChI is InChI=1S/C14H17NO2/c1-10(2)13-9-11(4-5-14(13)17-3)8-12(16)6-7-15/h4-5,9-10H,6,8H2,1-3H3. The Balaban J connectivity index is 2.93. The first-order valence-corrected chi connectivity index (χ1v) is 5.64. The zero-order chi connectivity index (χ0) is 12.8. The fourth-order valence-electron chi connectivity index (χ4n) is 1.72. The third-order valence-corrected chi connectivity index (χ3v) is 2.59. The molecule has 0 atom stereocenters. The molecule has 3 nitrogen and oxygen atoms in total. The highest BCUT2D eigenvalue weighted by molar-refractivity contribution is 5.82. The summed E-state index contributed by atoms with van der Waals surface area (Å²) in [5.41, 5.74) is 2.03. The molecule has 3 heteroatoms. The number of Topliss-reactive ketones (excluding diaryl/α,β-unsaturated/α-hetero) is 1. The van der Waals surface area contributed by atoms with Gasteiger partial charge in [0, 0.05) is 6.42 Å². The molecule has 1 aromatic carbocycles. The van der Waals surface area contributed by atoms with Gasteiger partial charge in [0.2, 0.25) is 0 Å². The predicted octanol–water partition coefficient (Wildman–Crippen LogP) is 2.84. The van der Waals surface area contributed by atoms with Crippen molar-refractivity contribution in [2.24, 2.45) is 0 Å². The number of ether oxygens (including phenoxy) is 1. The van der Waals surface area contributed by atoms with E-state index in [0.29, 0.717) is 12.3 Å². The van der Waals surface area contributed by atoms with Crippen molar-refractivity contribution in [1.82, 2.24) is 0 Å². The monoisotopic (exact) mass is 231 g/mol. The highest BCUT2D eigenvalue weighted by Gasteiger charge is 2.10. The topological polar surface area (TPSA) is 50.1 Å². The van der Waals surface area contributed by atoms with Gasteiger partial charge in [0.05, 0.1) is 19.6 Å². The lowest BCUT2D eigenvalue weighted by molar-refractivity contribution is -0.117. The summed E-state index contributed by atoms with van der Waals surface area (Å²) in [6, 6.07) is 7.61. The highest BCUT2D eigenvalue weighted by atomic mass is 16.5. The number of ketones is 1. The Morgan fingerprint density at radius 2 is 2.18 bits per heavy atom. The minimum absolute atomic E-state index is 0.0248. The fraction of sp³-hybridized carbons (Fsp3) is 0.429. The Kier molecular flexibility index (Phi) is 4.71. The molecule has 0 unspecified atom stereocenters. The van der Waals surface area contributed by atoms with Crippen molar-refractivity contribution in [2.45, 2.75) is 32.6 Å². The van der Waals surface area contributed by atoms with Gasteiger partial charge in [-0.1, -0.05) is 26.0 Å². The van der Waals surface area contributed by atoms with Crippen LogP contribution >= 0.6 is 0 Å². The van der Waals surface area contributed by atoms with Gasteiger partial charge < -0.3 is 4.74 Å². The molecule has 0 aromatic heterocycles. The smallest absolute Gasteiger partial charge is 0.151 e. The second-order valence-corrected chi connectivity index (χ2v) is 4.28. The van der Waals surface area contributed by atoms with E-state index in [2.05, 4.69) is 13.8 Å². The molecule has 0 saturated carbocycles. The van der Waals surface area contributed by atoms with Crippen molar-refractivity contribution in [1.29, 1.82) is 5.26 Å². The zero-order valence-electron chi connectivity index (χ0n) is 10.5. The van der Waals surface area contributed by atoms with Gasteiger partial charge in [0.25, 0.3) is 0 Å². The van der Waals surface area contributed by atoms with Crippen molar-refractivity contribution < 1.29 is 9.53 Å². The van der Waals surface area contributed by atoms with Crippen LogP contribution in [-0.4, -0.2) is 12.9 Å². The van der Waals surface area contributed by atoms with Gasteiger partial charge in [-0.3, -0.25) is 4.79 Å². The molecule has 1 rings (SSSR count). The number of hydrogen-bond acceptors (Lipinski definition) is 3. The molecule has 0 spiro atoms. The predicted molar refractivity (Wildman–Crippen MR) is 66.0 cm³/mol. The third kappa shape index (κ3) is 3.60. The van der Waals surface area contributed by atoms with E-state index in [4.69, 9.17) is 10.00 Å². The molecular weight excluding hydrogens is 214 g/mol. The molecule has 0 saturated heterocycles. The van der Waals surface area contributed by atoms with Crippen molar-refractivity contribution >= 4 is 5.78 Å². The van der Waals surface area contributed by atoms with E-state index in [0.717, 1.165) is 16.9 Å². The van der Waals surface area contributed by atoms with Gasteiger partial charge >= 0.3 is 0 Å². The summed E-state index contributed by atoms with van der Waals surface area (Å²) >= 11 is 0. The molecule has 0 fully saturated rings. The van der Waals surface area contributed by atoms with Crippen LogP contribution in [0.3, 0.4) is 0 Å². The van der Waals surface area contributed by atoms with Crippen molar-refractivity contribution in [3.05, 3.63) is 29.3 Å². The van der Waals surface area contributed by atoms with E-state index < -0.39 is 0 Å². The van der Waals surface area contributed by atoms with Crippen LogP contribution in [0.15, 0.2) is 18.2 Å². The van der Waals surface area contributed by atoms with Crippen molar-refractivity contribution in [3.63, 3.8) is 0 Å². The molecular formula is C14H17NO2. The molecule has 1 aromatic rings. The molecule has 0 bridgehead atoms. The van der Waals surface area contributed by atoms with Gasteiger partial charge in [0.1, 0.15) is 5.75 Å². The summed E-state index contributed by atoms with van der Waals surface area (Å²) in [7, 11) is 1.64. The fourth-order valence-corrected chi connectivity index (χ4v) is 1.72. The molecule has 0 aliphatic heterocycles. The van der Waals surface area contributed by atoms with Gasteiger partial charge in [-0.05, 0) is 23.1 Å². The summed E-state index contributed by atoms with van der Waals surface area (Å²) in [6.45, 7) is 4.16. The Bertz CT molecular complexity index is 444. The van der Waals surface area contributed by atoms with Crippen LogP contribution in [-0.2, 0) is 11.2 Å². The maximum absolute atomic E-state index is 11.4. The van der Waals surface area contributed by atoms with E-state index in [1.165, 1.54) is 0 Å². The number of nitriles is 1. The quantitative estimate of drug-likeness (QED) is 0.783. The minimum atomic E-state index is -0.0487.